The summed E-state index contributed by atoms with van der Waals surface area (Å²) in [5.74, 6) is -0.0380. The topological polar surface area (TPSA) is 66.5 Å². The molecule has 1 saturated heterocycles. The Bertz CT molecular complexity index is 476. The first-order valence-electron chi connectivity index (χ1n) is 8.62. The quantitative estimate of drug-likeness (QED) is 0.602. The molecule has 1 aliphatic heterocycles. The van der Waals surface area contributed by atoms with Crippen molar-refractivity contribution in [1.82, 2.24) is 10.2 Å². The van der Waals surface area contributed by atoms with E-state index in [1.807, 2.05) is 12.2 Å². The number of rotatable bonds is 6. The number of amides is 3. The molecular weight excluding hydrogens is 292 g/mol. The van der Waals surface area contributed by atoms with Crippen LogP contribution in [-0.2, 0) is 14.4 Å². The van der Waals surface area contributed by atoms with E-state index in [-0.39, 0.29) is 48.6 Å². The second-order valence-electron chi connectivity index (χ2n) is 7.32. The van der Waals surface area contributed by atoms with E-state index in [9.17, 15) is 14.4 Å². The fraction of sp³-hybridized carbons (Fsp3) is 0.722. The lowest BCUT2D eigenvalue weighted by molar-refractivity contribution is -0.140. The summed E-state index contributed by atoms with van der Waals surface area (Å²) in [6.45, 7) is 8.51. The van der Waals surface area contributed by atoms with Gasteiger partial charge in [0.15, 0.2) is 0 Å². The molecule has 0 aromatic carbocycles. The van der Waals surface area contributed by atoms with Crippen molar-refractivity contribution in [2.45, 2.75) is 53.0 Å². The van der Waals surface area contributed by atoms with Crippen molar-refractivity contribution in [3.8, 4) is 0 Å². The summed E-state index contributed by atoms with van der Waals surface area (Å²) in [7, 11) is 0. The summed E-state index contributed by atoms with van der Waals surface area (Å²) in [6, 6.07) is 0.110. The van der Waals surface area contributed by atoms with Crippen molar-refractivity contribution in [2.24, 2.45) is 23.7 Å². The predicted molar refractivity (Wildman–Crippen MR) is 88.3 cm³/mol. The number of hydrogen-bond acceptors (Lipinski definition) is 3. The lowest BCUT2D eigenvalue weighted by Crippen LogP contribution is -2.43. The average Bonchev–Trinajstić information content (AvgIpc) is 2.74. The zero-order valence-corrected chi connectivity index (χ0v) is 14.5. The molecule has 1 aliphatic carbocycles. The molecule has 0 saturated carbocycles. The van der Waals surface area contributed by atoms with Gasteiger partial charge >= 0.3 is 0 Å². The van der Waals surface area contributed by atoms with Crippen LogP contribution >= 0.6 is 0 Å². The second kappa shape index (κ2) is 7.28. The molecule has 5 heteroatoms. The Morgan fingerprint density at radius 3 is 2.00 bits per heavy atom. The molecule has 0 aromatic rings. The van der Waals surface area contributed by atoms with Crippen molar-refractivity contribution < 1.29 is 14.4 Å². The van der Waals surface area contributed by atoms with Crippen molar-refractivity contribution in [2.75, 3.05) is 6.54 Å². The molecular formula is C18H28N2O3. The fourth-order valence-corrected chi connectivity index (χ4v) is 3.66. The van der Waals surface area contributed by atoms with Gasteiger partial charge in [0.25, 0.3) is 0 Å². The van der Waals surface area contributed by atoms with E-state index >= 15 is 0 Å². The van der Waals surface area contributed by atoms with Crippen LogP contribution in [0.1, 0.15) is 47.0 Å². The van der Waals surface area contributed by atoms with Gasteiger partial charge in [-0.05, 0) is 24.7 Å². The average molecular weight is 320 g/mol. The first-order chi connectivity index (χ1) is 10.8. The zero-order valence-electron chi connectivity index (χ0n) is 14.5. The van der Waals surface area contributed by atoms with Crippen LogP contribution in [0.3, 0.4) is 0 Å². The van der Waals surface area contributed by atoms with Crippen molar-refractivity contribution in [3.63, 3.8) is 0 Å². The molecule has 0 bridgehead atoms. The fourth-order valence-electron chi connectivity index (χ4n) is 3.66. The maximum absolute atomic E-state index is 12.3. The molecule has 1 fully saturated rings. The highest BCUT2D eigenvalue weighted by molar-refractivity contribution is 6.05. The van der Waals surface area contributed by atoms with Crippen molar-refractivity contribution in [3.05, 3.63) is 12.2 Å². The number of carbonyl (C=O) groups excluding carboxylic acids is 3. The SMILES string of the molecule is CC(C)C(NC(=O)CCN1C(=O)[C@H]2CC=CC[C@H]2C1=O)C(C)C. The molecule has 2 rings (SSSR count). The Kier molecular flexibility index (Phi) is 5.60. The smallest absolute Gasteiger partial charge is 0.233 e. The largest absolute Gasteiger partial charge is 0.353 e. The molecule has 1 heterocycles. The van der Waals surface area contributed by atoms with Crippen molar-refractivity contribution in [1.29, 1.82) is 0 Å². The van der Waals surface area contributed by atoms with Gasteiger partial charge in [-0.15, -0.1) is 0 Å². The third-order valence-corrected chi connectivity index (χ3v) is 4.93. The number of allylic oxidation sites excluding steroid dienone is 2. The number of fused-ring (bicyclic) bond motifs is 1. The normalized spacial score (nSPS) is 24.0. The van der Waals surface area contributed by atoms with Crippen LogP contribution < -0.4 is 5.32 Å². The first-order valence-corrected chi connectivity index (χ1v) is 8.62. The number of imide groups is 1. The molecule has 0 aromatic heterocycles. The lowest BCUT2D eigenvalue weighted by atomic mass is 9.85. The minimum Gasteiger partial charge on any atom is -0.353 e. The predicted octanol–water partition coefficient (Wildman–Crippen LogP) is 2.12. The van der Waals surface area contributed by atoms with E-state index in [0.717, 1.165) is 0 Å². The number of nitrogens with one attached hydrogen (secondary N) is 1. The van der Waals surface area contributed by atoms with E-state index in [0.29, 0.717) is 24.7 Å². The molecule has 2 aliphatic rings. The monoisotopic (exact) mass is 320 g/mol. The Morgan fingerprint density at radius 1 is 1.09 bits per heavy atom. The second-order valence-corrected chi connectivity index (χ2v) is 7.32. The molecule has 5 nitrogen and oxygen atoms in total. The van der Waals surface area contributed by atoms with Gasteiger partial charge in [-0.2, -0.15) is 0 Å². The molecule has 1 N–H and O–H groups in total. The van der Waals surface area contributed by atoms with E-state index in [2.05, 4.69) is 33.0 Å². The van der Waals surface area contributed by atoms with Gasteiger partial charge in [0.05, 0.1) is 11.8 Å². The highest BCUT2D eigenvalue weighted by Gasteiger charge is 2.46. The van der Waals surface area contributed by atoms with Gasteiger partial charge in [-0.3, -0.25) is 19.3 Å². The van der Waals surface area contributed by atoms with Crippen molar-refractivity contribution >= 4 is 17.7 Å². The molecule has 2 atom stereocenters. The van der Waals surface area contributed by atoms with Gasteiger partial charge in [0, 0.05) is 19.0 Å². The summed E-state index contributed by atoms with van der Waals surface area (Å²) in [5.41, 5.74) is 0. The van der Waals surface area contributed by atoms with Crippen LogP contribution in [0.2, 0.25) is 0 Å². The highest BCUT2D eigenvalue weighted by atomic mass is 16.2. The molecule has 128 valence electrons. The highest BCUT2D eigenvalue weighted by Crippen LogP contribution is 2.34. The minimum atomic E-state index is -0.213. The van der Waals surface area contributed by atoms with Gasteiger partial charge in [-0.1, -0.05) is 39.8 Å². The molecule has 0 radical (unpaired) electrons. The Hall–Kier alpha value is -1.65. The van der Waals surface area contributed by atoms with Crippen LogP contribution in [0.4, 0.5) is 0 Å². The summed E-state index contributed by atoms with van der Waals surface area (Å²) in [5, 5.41) is 3.03. The molecule has 0 unspecified atom stereocenters. The number of nitrogens with zero attached hydrogens (tertiary/aromatic N) is 1. The van der Waals surface area contributed by atoms with Gasteiger partial charge in [-0.25, -0.2) is 0 Å². The van der Waals surface area contributed by atoms with Gasteiger partial charge in [0.2, 0.25) is 17.7 Å². The molecule has 23 heavy (non-hydrogen) atoms. The molecule has 0 spiro atoms. The van der Waals surface area contributed by atoms with Crippen LogP contribution in [-0.4, -0.2) is 35.2 Å². The Balaban J connectivity index is 1.89. The van der Waals surface area contributed by atoms with E-state index in [4.69, 9.17) is 0 Å². The third kappa shape index (κ3) is 3.82. The lowest BCUT2D eigenvalue weighted by Gasteiger charge is -2.26. The number of likely N-dealkylation sites (tertiary alicyclic amines) is 1. The Morgan fingerprint density at radius 2 is 1.57 bits per heavy atom. The van der Waals surface area contributed by atoms with E-state index in [1.165, 1.54) is 4.90 Å². The minimum absolute atomic E-state index is 0.0917. The molecule has 3 amide bonds. The Labute approximate surface area is 138 Å². The maximum Gasteiger partial charge on any atom is 0.233 e. The van der Waals surface area contributed by atoms with E-state index < -0.39 is 0 Å². The first kappa shape index (κ1) is 17.7. The van der Waals surface area contributed by atoms with Crippen LogP contribution in [0, 0.1) is 23.7 Å². The van der Waals surface area contributed by atoms with Crippen LogP contribution in [0.5, 0.6) is 0 Å². The number of hydrogen-bond donors (Lipinski definition) is 1. The van der Waals surface area contributed by atoms with Crippen LogP contribution in [0.25, 0.3) is 0 Å². The van der Waals surface area contributed by atoms with Crippen LogP contribution in [0.15, 0.2) is 12.2 Å². The summed E-state index contributed by atoms with van der Waals surface area (Å²) >= 11 is 0. The zero-order chi connectivity index (χ0) is 17.1. The summed E-state index contributed by atoms with van der Waals surface area (Å²) < 4.78 is 0. The summed E-state index contributed by atoms with van der Waals surface area (Å²) in [6.07, 6.45) is 5.40. The van der Waals surface area contributed by atoms with Gasteiger partial charge in [0.1, 0.15) is 0 Å². The summed E-state index contributed by atoms with van der Waals surface area (Å²) in [4.78, 5) is 38.1. The third-order valence-electron chi connectivity index (χ3n) is 4.93. The number of carbonyl (C=O) groups is 3. The van der Waals surface area contributed by atoms with E-state index in [1.54, 1.807) is 0 Å². The standard InChI is InChI=1S/C18H28N2O3/c1-11(2)16(12(3)4)19-15(21)9-10-20-17(22)13-7-5-6-8-14(13)18(20)23/h5-6,11-14,16H,7-10H2,1-4H3,(H,19,21)/t13-,14+. The van der Waals surface area contributed by atoms with Gasteiger partial charge < -0.3 is 5.32 Å². The maximum atomic E-state index is 12.3.